The number of ether oxygens (including phenoxy) is 1. The Bertz CT molecular complexity index is 1120. The second-order valence-corrected chi connectivity index (χ2v) is 11.8. The topological polar surface area (TPSA) is 165 Å². The van der Waals surface area contributed by atoms with Gasteiger partial charge in [0.2, 0.25) is 0 Å². The molecule has 2 heterocycles. The van der Waals surface area contributed by atoms with Crippen LogP contribution in [0, 0.1) is 17.8 Å². The molecule has 0 saturated carbocycles. The maximum atomic E-state index is 13.0. The van der Waals surface area contributed by atoms with Gasteiger partial charge in [-0.2, -0.15) is 0 Å². The Kier molecular flexibility index (Phi) is 7.82. The molecule has 190 valence electrons. The molecule has 0 radical (unpaired) electrons. The van der Waals surface area contributed by atoms with Gasteiger partial charge < -0.3 is 14.5 Å². The van der Waals surface area contributed by atoms with Gasteiger partial charge in [0.15, 0.2) is 6.23 Å². The summed E-state index contributed by atoms with van der Waals surface area (Å²) in [6.45, 7) is 11.3. The Morgan fingerprint density at radius 2 is 1.56 bits per heavy atom. The van der Waals surface area contributed by atoms with Crippen molar-refractivity contribution in [3.8, 4) is 0 Å². The molecular weight excluding hydrogens is 467 g/mol. The zero-order valence-corrected chi connectivity index (χ0v) is 21.3. The number of aromatic amines is 1. The zero-order valence-electron chi connectivity index (χ0n) is 20.4. The first-order valence-electron chi connectivity index (χ1n) is 10.7. The van der Waals surface area contributed by atoms with Crippen LogP contribution in [0.3, 0.4) is 0 Å². The van der Waals surface area contributed by atoms with E-state index in [4.69, 9.17) is 9.26 Å². The lowest BCUT2D eigenvalue weighted by Crippen LogP contribution is -2.50. The number of Topliss-reactive ketones (excluding diaryl/α,β-unsaturated/α-hetero) is 2. The summed E-state index contributed by atoms with van der Waals surface area (Å²) in [5.41, 5.74) is -4.93. The Labute approximate surface area is 197 Å². The number of nitrogens with one attached hydrogen (secondary N) is 1. The van der Waals surface area contributed by atoms with Gasteiger partial charge in [-0.1, -0.05) is 47.6 Å². The van der Waals surface area contributed by atoms with Crippen LogP contribution in [0.1, 0.15) is 66.2 Å². The van der Waals surface area contributed by atoms with Crippen molar-refractivity contribution in [1.29, 1.82) is 0 Å². The van der Waals surface area contributed by atoms with E-state index >= 15 is 0 Å². The third-order valence-electron chi connectivity index (χ3n) is 5.57. The van der Waals surface area contributed by atoms with Gasteiger partial charge in [-0.3, -0.25) is 28.5 Å². The quantitative estimate of drug-likeness (QED) is 0.358. The monoisotopic (exact) mass is 500 g/mol. The minimum Gasteiger partial charge on any atom is -0.344 e. The predicted octanol–water partition coefficient (Wildman–Crippen LogP) is 2.16. The van der Waals surface area contributed by atoms with Crippen LogP contribution in [0.4, 0.5) is 0 Å². The van der Waals surface area contributed by atoms with Crippen molar-refractivity contribution in [3.05, 3.63) is 44.8 Å². The van der Waals surface area contributed by atoms with Crippen LogP contribution in [0.2, 0.25) is 0 Å². The molecule has 1 aliphatic heterocycles. The summed E-state index contributed by atoms with van der Waals surface area (Å²) in [7, 11) is -5.21. The van der Waals surface area contributed by atoms with E-state index in [0.717, 1.165) is 4.57 Å². The molecule has 0 bridgehead atoms. The van der Waals surface area contributed by atoms with Crippen LogP contribution in [0.5, 0.6) is 0 Å². The number of aryl methyl sites for hydroxylation is 1. The molecule has 3 N–H and O–H groups in total. The van der Waals surface area contributed by atoms with Gasteiger partial charge in [0.05, 0.1) is 0 Å². The van der Waals surface area contributed by atoms with E-state index in [-0.39, 0.29) is 5.56 Å². The number of H-pyrrole nitrogens is 1. The van der Waals surface area contributed by atoms with Gasteiger partial charge in [-0.25, -0.2) is 9.36 Å². The highest BCUT2D eigenvalue weighted by Crippen LogP contribution is 2.49. The number of phosphoric ester groups is 1. The zero-order chi connectivity index (χ0) is 26.3. The number of aromatic nitrogens is 2. The molecule has 34 heavy (non-hydrogen) atoms. The third kappa shape index (κ3) is 6.70. The van der Waals surface area contributed by atoms with E-state index in [1.165, 1.54) is 25.3 Å². The van der Waals surface area contributed by atoms with E-state index in [9.17, 15) is 33.5 Å². The Morgan fingerprint density at radius 1 is 1.06 bits per heavy atom. The maximum Gasteiger partial charge on any atom is 0.470 e. The lowest BCUT2D eigenvalue weighted by Gasteiger charge is -2.39. The minimum absolute atomic E-state index is 0.239. The van der Waals surface area contributed by atoms with Gasteiger partial charge in [0.25, 0.3) is 5.56 Å². The van der Waals surface area contributed by atoms with Gasteiger partial charge in [0.1, 0.15) is 23.3 Å². The third-order valence-corrected chi connectivity index (χ3v) is 6.17. The second-order valence-electron chi connectivity index (χ2n) is 10.7. The number of carbonyl (C=O) groups excluding carboxylic acids is 2. The van der Waals surface area contributed by atoms with E-state index < -0.39 is 72.2 Å². The molecule has 11 nitrogen and oxygen atoms in total. The maximum absolute atomic E-state index is 13.0. The van der Waals surface area contributed by atoms with E-state index in [1.54, 1.807) is 41.5 Å². The van der Waals surface area contributed by atoms with Crippen molar-refractivity contribution in [2.75, 3.05) is 0 Å². The number of rotatable bonds is 8. The summed E-state index contributed by atoms with van der Waals surface area (Å²) in [6, 6.07) is 0. The average molecular weight is 500 g/mol. The van der Waals surface area contributed by atoms with E-state index in [2.05, 4.69) is 4.98 Å². The summed E-state index contributed by atoms with van der Waals surface area (Å²) < 4.78 is 24.2. The van der Waals surface area contributed by atoms with Crippen LogP contribution >= 0.6 is 7.82 Å². The first-order valence-corrected chi connectivity index (χ1v) is 12.3. The Balaban J connectivity index is 2.58. The van der Waals surface area contributed by atoms with Gasteiger partial charge in [0, 0.05) is 35.4 Å². The smallest absolute Gasteiger partial charge is 0.344 e. The van der Waals surface area contributed by atoms with Crippen LogP contribution in [-0.4, -0.2) is 42.6 Å². The van der Waals surface area contributed by atoms with E-state index in [0.29, 0.717) is 0 Å². The van der Waals surface area contributed by atoms with Crippen molar-refractivity contribution >= 4 is 19.4 Å². The molecule has 2 rings (SSSR count). The van der Waals surface area contributed by atoms with E-state index in [1.807, 2.05) is 0 Å². The summed E-state index contributed by atoms with van der Waals surface area (Å²) in [5, 5.41) is 0. The van der Waals surface area contributed by atoms with Crippen molar-refractivity contribution in [3.63, 3.8) is 0 Å². The first-order chi connectivity index (χ1) is 15.2. The van der Waals surface area contributed by atoms with Crippen LogP contribution < -0.4 is 11.2 Å². The molecular formula is C22H33N2O9P. The fourth-order valence-electron chi connectivity index (χ4n) is 3.36. The molecule has 0 aliphatic carbocycles. The largest absolute Gasteiger partial charge is 0.470 e. The van der Waals surface area contributed by atoms with Crippen molar-refractivity contribution in [2.24, 2.45) is 10.8 Å². The Hall–Kier alpha value is -2.17. The average Bonchev–Trinajstić information content (AvgIpc) is 3.12. The number of phosphoric acid groups is 1. The van der Waals surface area contributed by atoms with Crippen molar-refractivity contribution in [2.45, 2.75) is 79.2 Å². The number of hydrogen-bond acceptors (Lipinski definition) is 7. The summed E-state index contributed by atoms with van der Waals surface area (Å²) >= 11 is 0. The minimum atomic E-state index is -5.21. The second kappa shape index (κ2) is 9.47. The van der Waals surface area contributed by atoms with Crippen LogP contribution in [0.25, 0.3) is 0 Å². The highest BCUT2D eigenvalue weighted by Gasteiger charge is 2.52. The molecule has 0 saturated heterocycles. The highest BCUT2D eigenvalue weighted by molar-refractivity contribution is 7.46. The standard InChI is InChI=1S/C22H33N2O9P/c1-13-12-24(19(28)23-18(13)27)17-9-8-16(32-17)22(33-34(29,30)31,10-14(25)20(2,3)4)11-15(26)21(5,6)7/h8-9,12,16-17H,10-11H2,1-7H3,(H,23,27,28)(H2,29,30,31). The van der Waals surface area contributed by atoms with Crippen LogP contribution in [0.15, 0.2) is 27.9 Å². The normalized spacial score (nSPS) is 19.4. The number of hydrogen-bond donors (Lipinski definition) is 3. The molecule has 12 heteroatoms. The lowest BCUT2D eigenvalue weighted by molar-refractivity contribution is -0.150. The summed E-state index contributed by atoms with van der Waals surface area (Å²) in [6.07, 6.45) is 0.744. The molecule has 2 unspecified atom stereocenters. The molecule has 1 aromatic rings. The molecule has 1 aliphatic rings. The number of carbonyl (C=O) groups is 2. The van der Waals surface area contributed by atoms with Crippen LogP contribution in [-0.2, 0) is 23.4 Å². The van der Waals surface area contributed by atoms with Crippen molar-refractivity contribution in [1.82, 2.24) is 9.55 Å². The highest BCUT2D eigenvalue weighted by atomic mass is 31.2. The first kappa shape index (κ1) is 28.1. The number of ketones is 2. The molecule has 1 aromatic heterocycles. The fraction of sp³-hybridized carbons (Fsp3) is 0.636. The fourth-order valence-corrected chi connectivity index (χ4v) is 4.07. The molecule has 0 spiro atoms. The molecule has 2 atom stereocenters. The summed E-state index contributed by atoms with van der Waals surface area (Å²) in [5.74, 6) is -0.805. The van der Waals surface area contributed by atoms with Gasteiger partial charge in [-0.05, 0) is 13.0 Å². The van der Waals surface area contributed by atoms with Gasteiger partial charge >= 0.3 is 13.5 Å². The Morgan fingerprint density at radius 3 is 2.00 bits per heavy atom. The summed E-state index contributed by atoms with van der Waals surface area (Å²) in [4.78, 5) is 71.7. The molecule has 0 amide bonds. The van der Waals surface area contributed by atoms with Gasteiger partial charge in [-0.15, -0.1) is 0 Å². The molecule has 0 fully saturated rings. The SMILES string of the molecule is Cc1cn(C2C=CC(C(CC(=O)C(C)(C)C)(CC(=O)C(C)(C)C)OP(=O)(O)O)O2)c(=O)[nH]c1=O. The number of nitrogens with zero attached hydrogens (tertiary/aromatic N) is 1. The van der Waals surface area contributed by atoms with Crippen molar-refractivity contribution < 1.29 is 33.2 Å². The molecule has 0 aromatic carbocycles. The lowest BCUT2D eigenvalue weighted by atomic mass is 9.75. The predicted molar refractivity (Wildman–Crippen MR) is 123 cm³/mol.